The molecule has 2 N–H and O–H groups in total. The maximum absolute atomic E-state index is 12.6. The fourth-order valence-electron chi connectivity index (χ4n) is 3.63. The third-order valence-corrected chi connectivity index (χ3v) is 5.33. The number of hydrogen-bond donors (Lipinski definition) is 2. The number of hydrogen-bond acceptors (Lipinski definition) is 4. The normalized spacial score (nSPS) is 15.0. The van der Waals surface area contributed by atoms with Crippen molar-refractivity contribution in [2.24, 2.45) is 0 Å². The lowest BCUT2D eigenvalue weighted by Crippen LogP contribution is -2.33. The quantitative estimate of drug-likeness (QED) is 0.735. The van der Waals surface area contributed by atoms with Crippen molar-refractivity contribution in [2.75, 3.05) is 36.3 Å². The maximum Gasteiger partial charge on any atom is 0.258 e. The molecule has 2 amide bonds. The number of H-pyrrole nitrogens is 1. The standard InChI is InChI=1S/C21H23N5O2/c1-21(2)14-10-15-16(11-17(14)26(5)19(21)28)23-20(22-15)24-18(27)12-7-6-8-13(9-12)25(3)4/h6-11H,1-5H3,(H2,22,23,24,27). The van der Waals surface area contributed by atoms with Gasteiger partial charge in [-0.05, 0) is 49.7 Å². The molecule has 0 saturated carbocycles. The van der Waals surface area contributed by atoms with Gasteiger partial charge in [-0.2, -0.15) is 0 Å². The van der Waals surface area contributed by atoms with Gasteiger partial charge in [0.25, 0.3) is 5.91 Å². The van der Waals surface area contributed by atoms with Crippen molar-refractivity contribution >= 4 is 40.2 Å². The summed E-state index contributed by atoms with van der Waals surface area (Å²) in [6, 6.07) is 11.2. The fraction of sp³-hybridized carbons (Fsp3) is 0.286. The van der Waals surface area contributed by atoms with Gasteiger partial charge in [0.15, 0.2) is 0 Å². The molecule has 0 spiro atoms. The number of aromatic amines is 1. The summed E-state index contributed by atoms with van der Waals surface area (Å²) in [7, 11) is 5.63. The van der Waals surface area contributed by atoms with Crippen LogP contribution in [0.3, 0.4) is 0 Å². The van der Waals surface area contributed by atoms with Crippen molar-refractivity contribution in [2.45, 2.75) is 19.3 Å². The van der Waals surface area contributed by atoms with E-state index in [1.807, 2.05) is 63.2 Å². The third-order valence-electron chi connectivity index (χ3n) is 5.33. The zero-order chi connectivity index (χ0) is 20.2. The van der Waals surface area contributed by atoms with Gasteiger partial charge in [0.2, 0.25) is 11.9 Å². The smallest absolute Gasteiger partial charge is 0.258 e. The average molecular weight is 377 g/mol. The van der Waals surface area contributed by atoms with Crippen LogP contribution in [0, 0.1) is 0 Å². The van der Waals surface area contributed by atoms with E-state index in [4.69, 9.17) is 0 Å². The van der Waals surface area contributed by atoms with Gasteiger partial charge in [0, 0.05) is 38.1 Å². The van der Waals surface area contributed by atoms with E-state index in [0.29, 0.717) is 17.0 Å². The number of imidazole rings is 1. The molecule has 1 aromatic heterocycles. The highest BCUT2D eigenvalue weighted by Gasteiger charge is 2.42. The lowest BCUT2D eigenvalue weighted by Gasteiger charge is -2.16. The summed E-state index contributed by atoms with van der Waals surface area (Å²) in [4.78, 5) is 36.3. The van der Waals surface area contributed by atoms with E-state index < -0.39 is 5.41 Å². The molecule has 0 fully saturated rings. The van der Waals surface area contributed by atoms with Crippen LogP contribution in [0.4, 0.5) is 17.3 Å². The molecular weight excluding hydrogens is 354 g/mol. The first-order valence-electron chi connectivity index (χ1n) is 9.09. The molecule has 7 heteroatoms. The first kappa shape index (κ1) is 18.0. The maximum atomic E-state index is 12.6. The van der Waals surface area contributed by atoms with Gasteiger partial charge in [-0.25, -0.2) is 4.98 Å². The molecule has 0 atom stereocenters. The Morgan fingerprint density at radius 2 is 1.96 bits per heavy atom. The molecule has 0 aliphatic carbocycles. The average Bonchev–Trinajstić information content (AvgIpc) is 3.12. The summed E-state index contributed by atoms with van der Waals surface area (Å²) in [6.45, 7) is 3.83. The number of amides is 2. The van der Waals surface area contributed by atoms with E-state index in [0.717, 1.165) is 22.5 Å². The van der Waals surface area contributed by atoms with Gasteiger partial charge in [-0.15, -0.1) is 0 Å². The van der Waals surface area contributed by atoms with Gasteiger partial charge in [-0.3, -0.25) is 14.9 Å². The predicted molar refractivity (Wildman–Crippen MR) is 111 cm³/mol. The number of benzene rings is 2. The fourth-order valence-corrected chi connectivity index (χ4v) is 3.63. The number of nitrogens with one attached hydrogen (secondary N) is 2. The van der Waals surface area contributed by atoms with E-state index in [9.17, 15) is 9.59 Å². The molecular formula is C21H23N5O2. The topological polar surface area (TPSA) is 81.3 Å². The second kappa shape index (κ2) is 6.09. The molecule has 144 valence electrons. The SMILES string of the molecule is CN(C)c1cccc(C(=O)Nc2nc3cc4c(cc3[nH]2)C(C)(C)C(=O)N4C)c1. The minimum atomic E-state index is -0.584. The first-order valence-corrected chi connectivity index (χ1v) is 9.09. The summed E-state index contributed by atoms with van der Waals surface area (Å²) < 4.78 is 0. The number of carbonyl (C=O) groups is 2. The summed E-state index contributed by atoms with van der Waals surface area (Å²) in [6.07, 6.45) is 0. The predicted octanol–water partition coefficient (Wildman–Crippen LogP) is 3.14. The Bertz CT molecular complexity index is 1110. The Kier molecular flexibility index (Phi) is 3.92. The number of anilines is 3. The highest BCUT2D eigenvalue weighted by Crippen LogP contribution is 2.42. The molecule has 2 aromatic carbocycles. The second-order valence-corrected chi connectivity index (χ2v) is 7.86. The summed E-state index contributed by atoms with van der Waals surface area (Å²) in [5.74, 6) is 0.207. The van der Waals surface area contributed by atoms with Crippen LogP contribution in [0.5, 0.6) is 0 Å². The van der Waals surface area contributed by atoms with Gasteiger partial charge < -0.3 is 14.8 Å². The van der Waals surface area contributed by atoms with Crippen molar-refractivity contribution in [1.29, 1.82) is 0 Å². The molecule has 0 saturated heterocycles. The van der Waals surface area contributed by atoms with Crippen LogP contribution in [0.15, 0.2) is 36.4 Å². The molecule has 28 heavy (non-hydrogen) atoms. The molecule has 0 unspecified atom stereocenters. The number of nitrogens with zero attached hydrogens (tertiary/aromatic N) is 3. The molecule has 0 radical (unpaired) electrons. The summed E-state index contributed by atoms with van der Waals surface area (Å²) >= 11 is 0. The lowest BCUT2D eigenvalue weighted by molar-refractivity contribution is -0.121. The molecule has 4 rings (SSSR count). The Labute approximate surface area is 163 Å². The Balaban J connectivity index is 1.66. The third kappa shape index (κ3) is 2.70. The molecule has 0 bridgehead atoms. The Morgan fingerprint density at radius 3 is 2.68 bits per heavy atom. The van der Waals surface area contributed by atoms with Crippen LogP contribution in [0.1, 0.15) is 29.8 Å². The van der Waals surface area contributed by atoms with E-state index in [2.05, 4.69) is 15.3 Å². The van der Waals surface area contributed by atoms with Gasteiger partial charge in [0.1, 0.15) is 0 Å². The first-order chi connectivity index (χ1) is 13.2. The van der Waals surface area contributed by atoms with Gasteiger partial charge in [0.05, 0.1) is 16.4 Å². The highest BCUT2D eigenvalue weighted by atomic mass is 16.2. The second-order valence-electron chi connectivity index (χ2n) is 7.86. The van der Waals surface area contributed by atoms with Crippen molar-refractivity contribution < 1.29 is 9.59 Å². The van der Waals surface area contributed by atoms with E-state index in [1.54, 1.807) is 18.0 Å². The number of carbonyl (C=O) groups excluding carboxylic acids is 2. The lowest BCUT2D eigenvalue weighted by atomic mass is 9.86. The highest BCUT2D eigenvalue weighted by molar-refractivity contribution is 6.09. The van der Waals surface area contributed by atoms with Crippen LogP contribution >= 0.6 is 0 Å². The summed E-state index contributed by atoms with van der Waals surface area (Å²) in [5.41, 5.74) is 4.21. The molecule has 2 heterocycles. The molecule has 1 aliphatic rings. The van der Waals surface area contributed by atoms with Crippen LogP contribution < -0.4 is 15.1 Å². The number of fused-ring (bicyclic) bond motifs is 2. The van der Waals surface area contributed by atoms with Crippen LogP contribution in [0.2, 0.25) is 0 Å². The van der Waals surface area contributed by atoms with Crippen LogP contribution in [-0.4, -0.2) is 42.9 Å². The van der Waals surface area contributed by atoms with Crippen LogP contribution in [-0.2, 0) is 10.2 Å². The minimum Gasteiger partial charge on any atom is -0.378 e. The van der Waals surface area contributed by atoms with Crippen molar-refractivity contribution in [3.63, 3.8) is 0 Å². The zero-order valence-corrected chi connectivity index (χ0v) is 16.6. The molecule has 7 nitrogen and oxygen atoms in total. The van der Waals surface area contributed by atoms with E-state index >= 15 is 0 Å². The number of likely N-dealkylation sites (N-methyl/N-ethyl adjacent to an activating group) is 1. The van der Waals surface area contributed by atoms with E-state index in [1.165, 1.54) is 0 Å². The number of aromatic nitrogens is 2. The van der Waals surface area contributed by atoms with Gasteiger partial charge in [-0.1, -0.05) is 6.07 Å². The van der Waals surface area contributed by atoms with Crippen molar-refractivity contribution in [1.82, 2.24) is 9.97 Å². The Morgan fingerprint density at radius 1 is 1.21 bits per heavy atom. The zero-order valence-electron chi connectivity index (χ0n) is 16.6. The van der Waals surface area contributed by atoms with Gasteiger partial charge >= 0.3 is 0 Å². The number of rotatable bonds is 3. The molecule has 1 aliphatic heterocycles. The van der Waals surface area contributed by atoms with E-state index in [-0.39, 0.29) is 11.8 Å². The largest absolute Gasteiger partial charge is 0.378 e. The minimum absolute atomic E-state index is 0.0597. The van der Waals surface area contributed by atoms with Crippen LogP contribution in [0.25, 0.3) is 11.0 Å². The Hall–Kier alpha value is -3.35. The summed E-state index contributed by atoms with van der Waals surface area (Å²) in [5, 5.41) is 2.82. The van der Waals surface area contributed by atoms with Crippen molar-refractivity contribution in [3.8, 4) is 0 Å². The molecule has 3 aromatic rings. The monoisotopic (exact) mass is 377 g/mol. The van der Waals surface area contributed by atoms with Crippen molar-refractivity contribution in [3.05, 3.63) is 47.5 Å².